The van der Waals surface area contributed by atoms with Crippen molar-refractivity contribution in [2.75, 3.05) is 16.9 Å². The van der Waals surface area contributed by atoms with Crippen molar-refractivity contribution >= 4 is 29.0 Å². The van der Waals surface area contributed by atoms with Crippen LogP contribution in [0.25, 0.3) is 0 Å². The minimum absolute atomic E-state index is 0.160. The number of halogens is 2. The molecule has 5 nitrogen and oxygen atoms in total. The van der Waals surface area contributed by atoms with Crippen molar-refractivity contribution in [3.05, 3.63) is 52.4 Å². The van der Waals surface area contributed by atoms with E-state index in [1.165, 1.54) is 29.2 Å². The SMILES string of the molecule is NNc1cc(C(=O)N2CCc3ccc(F)cc32)cc(Cl)n1. The van der Waals surface area contributed by atoms with Gasteiger partial charge in [0.25, 0.3) is 5.91 Å². The lowest BCUT2D eigenvalue weighted by Crippen LogP contribution is -2.29. The number of benzene rings is 1. The van der Waals surface area contributed by atoms with E-state index in [2.05, 4.69) is 10.4 Å². The summed E-state index contributed by atoms with van der Waals surface area (Å²) in [6, 6.07) is 7.43. The van der Waals surface area contributed by atoms with Crippen LogP contribution in [0.3, 0.4) is 0 Å². The predicted molar refractivity (Wildman–Crippen MR) is 78.8 cm³/mol. The van der Waals surface area contributed by atoms with Gasteiger partial charge in [-0.2, -0.15) is 0 Å². The number of nitrogens with zero attached hydrogens (tertiary/aromatic N) is 2. The van der Waals surface area contributed by atoms with Gasteiger partial charge in [-0.25, -0.2) is 15.2 Å². The monoisotopic (exact) mass is 306 g/mol. The molecule has 1 aliphatic rings. The van der Waals surface area contributed by atoms with Gasteiger partial charge in [-0.3, -0.25) is 4.79 Å². The van der Waals surface area contributed by atoms with Crippen LogP contribution >= 0.6 is 11.6 Å². The molecule has 0 saturated heterocycles. The molecule has 108 valence electrons. The van der Waals surface area contributed by atoms with Gasteiger partial charge in [0, 0.05) is 12.1 Å². The van der Waals surface area contributed by atoms with E-state index in [9.17, 15) is 9.18 Å². The molecule has 1 aromatic carbocycles. The van der Waals surface area contributed by atoms with Gasteiger partial charge < -0.3 is 10.3 Å². The van der Waals surface area contributed by atoms with E-state index < -0.39 is 0 Å². The molecule has 0 fully saturated rings. The quantitative estimate of drug-likeness (QED) is 0.507. The number of hydrogen-bond donors (Lipinski definition) is 2. The molecule has 2 aromatic rings. The number of anilines is 2. The van der Waals surface area contributed by atoms with Gasteiger partial charge in [-0.05, 0) is 36.2 Å². The summed E-state index contributed by atoms with van der Waals surface area (Å²) in [7, 11) is 0. The van der Waals surface area contributed by atoms with Crippen molar-refractivity contribution < 1.29 is 9.18 Å². The number of rotatable bonds is 2. The number of pyridine rings is 1. The number of carbonyl (C=O) groups excluding carboxylic acids is 1. The van der Waals surface area contributed by atoms with Gasteiger partial charge >= 0.3 is 0 Å². The molecule has 1 amide bonds. The van der Waals surface area contributed by atoms with Crippen LogP contribution in [0.1, 0.15) is 15.9 Å². The van der Waals surface area contributed by atoms with Gasteiger partial charge in [0.05, 0.1) is 5.69 Å². The van der Waals surface area contributed by atoms with Crippen molar-refractivity contribution in [1.29, 1.82) is 0 Å². The Morgan fingerprint density at radius 1 is 1.38 bits per heavy atom. The van der Waals surface area contributed by atoms with E-state index in [4.69, 9.17) is 17.4 Å². The molecule has 1 aromatic heterocycles. The first-order valence-electron chi connectivity index (χ1n) is 6.33. The zero-order chi connectivity index (χ0) is 15.0. The van der Waals surface area contributed by atoms with Gasteiger partial charge in [0.15, 0.2) is 0 Å². The largest absolute Gasteiger partial charge is 0.308 e. The van der Waals surface area contributed by atoms with Crippen molar-refractivity contribution in [2.45, 2.75) is 6.42 Å². The highest BCUT2D eigenvalue weighted by Gasteiger charge is 2.26. The summed E-state index contributed by atoms with van der Waals surface area (Å²) in [5, 5.41) is 0.160. The van der Waals surface area contributed by atoms with Crippen molar-refractivity contribution in [3.63, 3.8) is 0 Å². The molecular weight excluding hydrogens is 295 g/mol. The summed E-state index contributed by atoms with van der Waals surface area (Å²) in [5.74, 6) is 4.95. The summed E-state index contributed by atoms with van der Waals surface area (Å²) in [4.78, 5) is 18.0. The Kier molecular flexibility index (Phi) is 3.48. The number of hydrazine groups is 1. The smallest absolute Gasteiger partial charge is 0.258 e. The molecule has 1 aliphatic heterocycles. The lowest BCUT2D eigenvalue weighted by molar-refractivity contribution is 0.0989. The molecule has 7 heteroatoms. The van der Waals surface area contributed by atoms with E-state index in [-0.39, 0.29) is 16.9 Å². The predicted octanol–water partition coefficient (Wildman–Crippen LogP) is 2.36. The second-order valence-electron chi connectivity index (χ2n) is 4.69. The number of nitrogens with one attached hydrogen (secondary N) is 1. The van der Waals surface area contributed by atoms with Crippen LogP contribution in [0.2, 0.25) is 5.15 Å². The van der Waals surface area contributed by atoms with E-state index in [1.54, 1.807) is 6.07 Å². The molecule has 2 heterocycles. The highest BCUT2D eigenvalue weighted by molar-refractivity contribution is 6.30. The third-order valence-electron chi connectivity index (χ3n) is 3.38. The minimum Gasteiger partial charge on any atom is -0.308 e. The van der Waals surface area contributed by atoms with Crippen LogP contribution in [-0.2, 0) is 6.42 Å². The summed E-state index contributed by atoms with van der Waals surface area (Å²) in [6.45, 7) is 0.503. The fraction of sp³-hybridized carbons (Fsp3) is 0.143. The van der Waals surface area contributed by atoms with Crippen LogP contribution in [0.4, 0.5) is 15.9 Å². The standard InChI is InChI=1S/C14H12ClFN4O/c15-12-5-9(6-13(18-12)19-17)14(21)20-4-3-8-1-2-10(16)7-11(8)20/h1-2,5-7H,3-4,17H2,(H,18,19). The Labute approximate surface area is 125 Å². The fourth-order valence-electron chi connectivity index (χ4n) is 2.41. The molecule has 0 spiro atoms. The topological polar surface area (TPSA) is 71.2 Å². The zero-order valence-corrected chi connectivity index (χ0v) is 11.7. The highest BCUT2D eigenvalue weighted by atomic mass is 35.5. The molecule has 3 N–H and O–H groups in total. The molecule has 3 rings (SSSR count). The number of nitrogens with two attached hydrogens (primary N) is 1. The molecule has 0 unspecified atom stereocenters. The van der Waals surface area contributed by atoms with Gasteiger partial charge in [-0.1, -0.05) is 17.7 Å². The van der Waals surface area contributed by atoms with Crippen LogP contribution in [0, 0.1) is 5.82 Å². The van der Waals surface area contributed by atoms with Crippen LogP contribution in [-0.4, -0.2) is 17.4 Å². The number of amides is 1. The first kappa shape index (κ1) is 13.8. The van der Waals surface area contributed by atoms with Gasteiger partial charge in [0.1, 0.15) is 16.8 Å². The molecular formula is C14H12ClFN4O. The normalized spacial score (nSPS) is 13.2. The summed E-state index contributed by atoms with van der Waals surface area (Å²) < 4.78 is 13.4. The van der Waals surface area contributed by atoms with Gasteiger partial charge in [0.2, 0.25) is 0 Å². The third-order valence-corrected chi connectivity index (χ3v) is 3.57. The number of nitrogen functional groups attached to an aromatic ring is 1. The lowest BCUT2D eigenvalue weighted by Gasteiger charge is -2.18. The van der Waals surface area contributed by atoms with Crippen molar-refractivity contribution in [3.8, 4) is 0 Å². The van der Waals surface area contributed by atoms with Crippen molar-refractivity contribution in [1.82, 2.24) is 4.98 Å². The maximum absolute atomic E-state index is 13.4. The average molecular weight is 307 g/mol. The average Bonchev–Trinajstić information content (AvgIpc) is 2.88. The van der Waals surface area contributed by atoms with Crippen LogP contribution in [0.15, 0.2) is 30.3 Å². The third kappa shape index (κ3) is 2.55. The van der Waals surface area contributed by atoms with E-state index in [1.807, 2.05) is 0 Å². The first-order valence-corrected chi connectivity index (χ1v) is 6.71. The minimum atomic E-state index is -0.370. The molecule has 21 heavy (non-hydrogen) atoms. The molecule has 0 aliphatic carbocycles. The summed E-state index contributed by atoms with van der Waals surface area (Å²) >= 11 is 5.87. The Morgan fingerprint density at radius 2 is 2.19 bits per heavy atom. The molecule has 0 saturated carbocycles. The highest BCUT2D eigenvalue weighted by Crippen LogP contribution is 2.30. The molecule has 0 bridgehead atoms. The van der Waals surface area contributed by atoms with E-state index in [0.29, 0.717) is 30.0 Å². The zero-order valence-electron chi connectivity index (χ0n) is 10.9. The van der Waals surface area contributed by atoms with E-state index >= 15 is 0 Å². The second-order valence-corrected chi connectivity index (χ2v) is 5.08. The number of carbonyl (C=O) groups is 1. The van der Waals surface area contributed by atoms with Crippen LogP contribution in [0.5, 0.6) is 0 Å². The number of aromatic nitrogens is 1. The van der Waals surface area contributed by atoms with Crippen molar-refractivity contribution in [2.24, 2.45) is 5.84 Å². The molecule has 0 radical (unpaired) electrons. The maximum atomic E-state index is 13.4. The summed E-state index contributed by atoms with van der Waals surface area (Å²) in [6.07, 6.45) is 0.697. The number of hydrogen-bond acceptors (Lipinski definition) is 4. The van der Waals surface area contributed by atoms with Crippen LogP contribution < -0.4 is 16.2 Å². The Bertz CT molecular complexity index is 722. The Hall–Kier alpha value is -2.18. The number of fused-ring (bicyclic) bond motifs is 1. The maximum Gasteiger partial charge on any atom is 0.258 e. The lowest BCUT2D eigenvalue weighted by atomic mass is 10.1. The second kappa shape index (κ2) is 5.31. The first-order chi connectivity index (χ1) is 10.1. The Morgan fingerprint density at radius 3 is 2.95 bits per heavy atom. The fourth-order valence-corrected chi connectivity index (χ4v) is 2.62. The Balaban J connectivity index is 1.98. The van der Waals surface area contributed by atoms with Gasteiger partial charge in [-0.15, -0.1) is 0 Å². The van der Waals surface area contributed by atoms with E-state index in [0.717, 1.165) is 5.56 Å². The summed E-state index contributed by atoms with van der Waals surface area (Å²) in [5.41, 5.74) is 4.24. The molecule has 0 atom stereocenters.